The average molecular weight is 323 g/mol. The number of hydrogen-bond donors (Lipinski definition) is 1. The van der Waals surface area contributed by atoms with Gasteiger partial charge in [-0.1, -0.05) is 24.4 Å². The molecule has 0 saturated heterocycles. The second kappa shape index (κ2) is 5.95. The van der Waals surface area contributed by atoms with E-state index < -0.39 is 9.84 Å². The highest BCUT2D eigenvalue weighted by molar-refractivity contribution is 7.91. The number of thiocarbonyl (C=S) groups is 1. The Balaban J connectivity index is 2.21. The van der Waals surface area contributed by atoms with E-state index in [1.807, 2.05) is 18.4 Å². The monoisotopic (exact) mass is 323 g/mol. The summed E-state index contributed by atoms with van der Waals surface area (Å²) in [5.41, 5.74) is 7.97. The number of imidazole rings is 1. The summed E-state index contributed by atoms with van der Waals surface area (Å²) in [7, 11) is -3.39. The maximum atomic E-state index is 12.4. The van der Waals surface area contributed by atoms with Crippen LogP contribution in [0.5, 0.6) is 0 Å². The van der Waals surface area contributed by atoms with Crippen molar-refractivity contribution in [2.45, 2.75) is 25.3 Å². The molecule has 0 amide bonds. The van der Waals surface area contributed by atoms with Crippen molar-refractivity contribution in [3.8, 4) is 0 Å². The van der Waals surface area contributed by atoms with Gasteiger partial charge in [-0.2, -0.15) is 0 Å². The molecule has 2 N–H and O–H groups in total. The zero-order valence-corrected chi connectivity index (χ0v) is 13.5. The van der Waals surface area contributed by atoms with E-state index in [9.17, 15) is 8.42 Å². The number of benzene rings is 1. The van der Waals surface area contributed by atoms with Crippen molar-refractivity contribution in [2.75, 3.05) is 5.75 Å². The van der Waals surface area contributed by atoms with E-state index in [0.717, 1.165) is 11.4 Å². The molecular weight excluding hydrogens is 306 g/mol. The number of nitrogens with two attached hydrogens (primary N) is 1. The van der Waals surface area contributed by atoms with E-state index in [2.05, 4.69) is 4.98 Å². The molecular formula is C14H17N3O2S2. The van der Waals surface area contributed by atoms with Gasteiger partial charge in [0.05, 0.1) is 22.7 Å². The quantitative estimate of drug-likeness (QED) is 0.846. The van der Waals surface area contributed by atoms with Crippen molar-refractivity contribution < 1.29 is 8.42 Å². The summed E-state index contributed by atoms with van der Waals surface area (Å²) in [5, 5.41) is 0. The third-order valence-corrected chi connectivity index (χ3v) is 5.35. The molecule has 1 aromatic heterocycles. The summed E-state index contributed by atoms with van der Waals surface area (Å²) in [6.07, 6.45) is 1.66. The Hall–Kier alpha value is -1.73. The molecule has 0 aliphatic heterocycles. The normalized spacial score (nSPS) is 11.5. The standard InChI is InChI=1S/C14H17N3O2S2/c1-10-11(2)17(9-16-10)6-7-21(18,19)13-5-3-4-12(8-13)14(15)20/h3-5,8-9H,6-7H2,1-2H3,(H2,15,20). The van der Waals surface area contributed by atoms with E-state index in [1.165, 1.54) is 6.07 Å². The van der Waals surface area contributed by atoms with Crippen LogP contribution in [0, 0.1) is 13.8 Å². The minimum atomic E-state index is -3.39. The van der Waals surface area contributed by atoms with Gasteiger partial charge in [0.15, 0.2) is 9.84 Å². The highest BCUT2D eigenvalue weighted by Crippen LogP contribution is 2.15. The summed E-state index contributed by atoms with van der Waals surface area (Å²) in [6, 6.07) is 6.42. The molecule has 0 aliphatic carbocycles. The van der Waals surface area contributed by atoms with Crippen LogP contribution < -0.4 is 5.73 Å². The van der Waals surface area contributed by atoms with Crippen LogP contribution in [0.2, 0.25) is 0 Å². The molecule has 0 spiro atoms. The van der Waals surface area contributed by atoms with Gasteiger partial charge in [-0.25, -0.2) is 13.4 Å². The summed E-state index contributed by atoms with van der Waals surface area (Å²) >= 11 is 4.88. The van der Waals surface area contributed by atoms with Gasteiger partial charge in [0, 0.05) is 17.8 Å². The molecule has 1 aromatic carbocycles. The van der Waals surface area contributed by atoms with E-state index in [-0.39, 0.29) is 15.6 Å². The van der Waals surface area contributed by atoms with Crippen molar-refractivity contribution in [3.05, 3.63) is 47.5 Å². The Bertz CT molecular complexity index is 779. The smallest absolute Gasteiger partial charge is 0.180 e. The number of hydrogen-bond acceptors (Lipinski definition) is 4. The van der Waals surface area contributed by atoms with Gasteiger partial charge in [0.1, 0.15) is 4.99 Å². The fourth-order valence-corrected chi connectivity index (χ4v) is 3.34. The Morgan fingerprint density at radius 1 is 1.38 bits per heavy atom. The fourth-order valence-electron chi connectivity index (χ4n) is 1.95. The summed E-state index contributed by atoms with van der Waals surface area (Å²) < 4.78 is 26.6. The van der Waals surface area contributed by atoms with Gasteiger partial charge in [0.2, 0.25) is 0 Å². The lowest BCUT2D eigenvalue weighted by Crippen LogP contribution is -2.15. The van der Waals surface area contributed by atoms with Crippen molar-refractivity contribution in [3.63, 3.8) is 0 Å². The maximum absolute atomic E-state index is 12.4. The first kappa shape index (κ1) is 15.7. The van der Waals surface area contributed by atoms with Crippen LogP contribution in [0.3, 0.4) is 0 Å². The zero-order valence-electron chi connectivity index (χ0n) is 11.9. The molecule has 0 unspecified atom stereocenters. The predicted octanol–water partition coefficient (Wildman–Crippen LogP) is 1.61. The van der Waals surface area contributed by atoms with Gasteiger partial charge in [-0.05, 0) is 26.0 Å². The fraction of sp³-hybridized carbons (Fsp3) is 0.286. The lowest BCUT2D eigenvalue weighted by Gasteiger charge is -2.08. The lowest BCUT2D eigenvalue weighted by atomic mass is 10.2. The third-order valence-electron chi connectivity index (χ3n) is 3.42. The van der Waals surface area contributed by atoms with E-state index in [4.69, 9.17) is 18.0 Å². The molecule has 7 heteroatoms. The predicted molar refractivity (Wildman–Crippen MR) is 86.1 cm³/mol. The molecule has 1 heterocycles. The number of aryl methyl sites for hydroxylation is 2. The minimum Gasteiger partial charge on any atom is -0.389 e. The minimum absolute atomic E-state index is 0.00439. The molecule has 2 aromatic rings. The first-order valence-electron chi connectivity index (χ1n) is 6.42. The van der Waals surface area contributed by atoms with Crippen LogP contribution in [0.4, 0.5) is 0 Å². The molecule has 112 valence electrons. The van der Waals surface area contributed by atoms with E-state index in [1.54, 1.807) is 24.5 Å². The summed E-state index contributed by atoms with van der Waals surface area (Å²) in [6.45, 7) is 4.18. The molecule has 0 fully saturated rings. The Labute approximate surface area is 129 Å². The van der Waals surface area contributed by atoms with Crippen molar-refractivity contribution in [1.29, 1.82) is 0 Å². The molecule has 0 bridgehead atoms. The molecule has 0 aliphatic rings. The number of sulfone groups is 1. The highest BCUT2D eigenvalue weighted by atomic mass is 32.2. The van der Waals surface area contributed by atoms with Crippen LogP contribution >= 0.6 is 12.2 Å². The van der Waals surface area contributed by atoms with Gasteiger partial charge in [-0.15, -0.1) is 0 Å². The first-order chi connectivity index (χ1) is 9.81. The van der Waals surface area contributed by atoms with Gasteiger partial charge in [-0.3, -0.25) is 0 Å². The molecule has 21 heavy (non-hydrogen) atoms. The first-order valence-corrected chi connectivity index (χ1v) is 8.48. The van der Waals surface area contributed by atoms with E-state index in [0.29, 0.717) is 12.1 Å². The highest BCUT2D eigenvalue weighted by Gasteiger charge is 2.16. The third kappa shape index (κ3) is 3.48. The van der Waals surface area contributed by atoms with Crippen LogP contribution in [0.1, 0.15) is 17.0 Å². The SMILES string of the molecule is Cc1ncn(CCS(=O)(=O)c2cccc(C(N)=S)c2)c1C. The second-order valence-corrected chi connectivity index (χ2v) is 7.37. The molecule has 0 radical (unpaired) electrons. The van der Waals surface area contributed by atoms with Crippen molar-refractivity contribution in [1.82, 2.24) is 9.55 Å². The Morgan fingerprint density at radius 2 is 2.10 bits per heavy atom. The molecule has 5 nitrogen and oxygen atoms in total. The zero-order chi connectivity index (χ0) is 15.6. The van der Waals surface area contributed by atoms with Crippen LogP contribution in [-0.2, 0) is 16.4 Å². The topological polar surface area (TPSA) is 78.0 Å². The summed E-state index contributed by atoms with van der Waals surface area (Å²) in [4.78, 5) is 4.59. The van der Waals surface area contributed by atoms with Gasteiger partial charge >= 0.3 is 0 Å². The summed E-state index contributed by atoms with van der Waals surface area (Å²) in [5.74, 6) is 0.00439. The van der Waals surface area contributed by atoms with E-state index >= 15 is 0 Å². The second-order valence-electron chi connectivity index (χ2n) is 4.82. The number of aromatic nitrogens is 2. The number of nitrogens with zero attached hydrogens (tertiary/aromatic N) is 2. The molecule has 0 atom stereocenters. The molecule has 2 rings (SSSR count). The van der Waals surface area contributed by atoms with Crippen molar-refractivity contribution >= 4 is 27.0 Å². The van der Waals surface area contributed by atoms with Crippen LogP contribution in [0.25, 0.3) is 0 Å². The maximum Gasteiger partial charge on any atom is 0.180 e. The lowest BCUT2D eigenvalue weighted by molar-refractivity contribution is 0.588. The number of rotatable bonds is 5. The van der Waals surface area contributed by atoms with Gasteiger partial charge < -0.3 is 10.3 Å². The van der Waals surface area contributed by atoms with Crippen LogP contribution in [0.15, 0.2) is 35.5 Å². The largest absolute Gasteiger partial charge is 0.389 e. The Kier molecular flexibility index (Phi) is 4.43. The van der Waals surface area contributed by atoms with Gasteiger partial charge in [0.25, 0.3) is 0 Å². The van der Waals surface area contributed by atoms with Crippen LogP contribution in [-0.4, -0.2) is 28.7 Å². The molecule has 0 saturated carbocycles. The Morgan fingerprint density at radius 3 is 2.67 bits per heavy atom. The van der Waals surface area contributed by atoms with Crippen molar-refractivity contribution in [2.24, 2.45) is 5.73 Å². The average Bonchev–Trinajstić information content (AvgIpc) is 2.77.